The van der Waals surface area contributed by atoms with Gasteiger partial charge in [-0.2, -0.15) is 0 Å². The number of carbonyl (C=O) groups is 3. The molecule has 0 saturated heterocycles. The van der Waals surface area contributed by atoms with Crippen LogP contribution in [0.1, 0.15) is 12.5 Å². The Balaban J connectivity index is 1.56. The van der Waals surface area contributed by atoms with Crippen molar-refractivity contribution in [3.05, 3.63) is 65.3 Å². The van der Waals surface area contributed by atoms with Crippen LogP contribution < -0.4 is 16.2 Å². The highest BCUT2D eigenvalue weighted by molar-refractivity contribution is 8.00. The second-order valence-corrected chi connectivity index (χ2v) is 8.08. The first-order valence-corrected chi connectivity index (χ1v) is 10.6. The molecule has 7 nitrogen and oxygen atoms in total. The maximum absolute atomic E-state index is 12.6. The Hall–Kier alpha value is -2.97. The summed E-state index contributed by atoms with van der Waals surface area (Å²) in [5.41, 5.74) is 6.63. The Bertz CT molecular complexity index is 1050. The molecule has 3 rings (SSSR count). The number of amides is 3. The highest BCUT2D eigenvalue weighted by Crippen LogP contribution is 2.20. The molecule has 0 unspecified atom stereocenters. The largest absolute Gasteiger partial charge is 0.361 e. The molecular formula is C21H21ClN4O3S. The predicted molar refractivity (Wildman–Crippen MR) is 118 cm³/mol. The van der Waals surface area contributed by atoms with Gasteiger partial charge in [0.1, 0.15) is 6.04 Å². The monoisotopic (exact) mass is 444 g/mol. The molecular weight excluding hydrogens is 424 g/mol. The third-order valence-electron chi connectivity index (χ3n) is 4.30. The van der Waals surface area contributed by atoms with Crippen molar-refractivity contribution in [2.24, 2.45) is 0 Å². The van der Waals surface area contributed by atoms with Crippen LogP contribution >= 0.6 is 23.4 Å². The quantitative estimate of drug-likeness (QED) is 0.332. The van der Waals surface area contributed by atoms with Gasteiger partial charge >= 0.3 is 0 Å². The summed E-state index contributed by atoms with van der Waals surface area (Å²) in [5.74, 6) is -1.08. The van der Waals surface area contributed by atoms with Crippen molar-refractivity contribution < 1.29 is 14.4 Å². The second-order valence-electron chi connectivity index (χ2n) is 6.60. The summed E-state index contributed by atoms with van der Waals surface area (Å²) in [6, 6.07) is 14.0. The maximum Gasteiger partial charge on any atom is 0.261 e. The van der Waals surface area contributed by atoms with Crippen LogP contribution in [0.2, 0.25) is 5.02 Å². The maximum atomic E-state index is 12.6. The highest BCUT2D eigenvalue weighted by Gasteiger charge is 2.22. The molecule has 1 atom stereocenters. The first-order chi connectivity index (χ1) is 14.4. The van der Waals surface area contributed by atoms with Gasteiger partial charge < -0.3 is 10.3 Å². The van der Waals surface area contributed by atoms with Gasteiger partial charge in [0.05, 0.1) is 5.75 Å². The van der Waals surface area contributed by atoms with Gasteiger partial charge in [-0.1, -0.05) is 29.8 Å². The smallest absolute Gasteiger partial charge is 0.261 e. The molecule has 0 aliphatic heterocycles. The third-order valence-corrected chi connectivity index (χ3v) is 5.57. The van der Waals surface area contributed by atoms with E-state index in [0.29, 0.717) is 5.02 Å². The lowest BCUT2D eigenvalue weighted by atomic mass is 10.0. The second kappa shape index (κ2) is 10.2. The standard InChI is InChI=1S/C21H21ClN4O3S/c1-13(27)24-19(10-14-11-23-18-5-3-2-4-17(14)18)21(29)26-25-20(28)12-30-16-8-6-15(22)7-9-16/h2-9,11,19,23H,10,12H2,1H3,(H,24,27)(H,25,28)(H,26,29)/t19-/m0/s1. The van der Waals surface area contributed by atoms with E-state index in [2.05, 4.69) is 21.2 Å². The van der Waals surface area contributed by atoms with Crippen LogP contribution in [-0.2, 0) is 20.8 Å². The summed E-state index contributed by atoms with van der Waals surface area (Å²) in [7, 11) is 0. The van der Waals surface area contributed by atoms with Gasteiger partial charge in [-0.15, -0.1) is 11.8 Å². The van der Waals surface area contributed by atoms with Gasteiger partial charge in [0.15, 0.2) is 0 Å². The van der Waals surface area contributed by atoms with Crippen molar-refractivity contribution in [2.75, 3.05) is 5.75 Å². The first-order valence-electron chi connectivity index (χ1n) is 9.21. The van der Waals surface area contributed by atoms with Gasteiger partial charge in [0, 0.05) is 40.4 Å². The molecule has 0 radical (unpaired) electrons. The SMILES string of the molecule is CC(=O)N[C@@H](Cc1c[nH]c2ccccc12)C(=O)NNC(=O)CSc1ccc(Cl)cc1. The van der Waals surface area contributed by atoms with E-state index in [1.165, 1.54) is 18.7 Å². The molecule has 0 spiro atoms. The van der Waals surface area contributed by atoms with Crippen molar-refractivity contribution >= 4 is 52.0 Å². The minimum Gasteiger partial charge on any atom is -0.361 e. The Morgan fingerprint density at radius 1 is 1.07 bits per heavy atom. The molecule has 30 heavy (non-hydrogen) atoms. The van der Waals surface area contributed by atoms with Gasteiger partial charge in [0.25, 0.3) is 5.91 Å². The molecule has 0 bridgehead atoms. The number of hydrogen-bond acceptors (Lipinski definition) is 4. The lowest BCUT2D eigenvalue weighted by Crippen LogP contribution is -2.53. The number of halogens is 1. The van der Waals surface area contributed by atoms with Crippen LogP contribution in [0.4, 0.5) is 0 Å². The number of hydrogen-bond donors (Lipinski definition) is 4. The summed E-state index contributed by atoms with van der Waals surface area (Å²) < 4.78 is 0. The minimum atomic E-state index is -0.828. The molecule has 4 N–H and O–H groups in total. The topological polar surface area (TPSA) is 103 Å². The normalized spacial score (nSPS) is 11.7. The molecule has 2 aromatic carbocycles. The fraction of sp³-hybridized carbons (Fsp3) is 0.190. The van der Waals surface area contributed by atoms with Crippen LogP contribution in [0, 0.1) is 0 Å². The zero-order valence-corrected chi connectivity index (χ0v) is 17.8. The van der Waals surface area contributed by atoms with Gasteiger partial charge in [-0.3, -0.25) is 25.2 Å². The van der Waals surface area contributed by atoms with Gasteiger partial charge in [-0.05, 0) is 35.9 Å². The van der Waals surface area contributed by atoms with Crippen molar-refractivity contribution in [1.29, 1.82) is 0 Å². The zero-order valence-electron chi connectivity index (χ0n) is 16.2. The van der Waals surface area contributed by atoms with Crippen LogP contribution in [0.3, 0.4) is 0 Å². The Morgan fingerprint density at radius 2 is 1.80 bits per heavy atom. The molecule has 0 fully saturated rings. The molecule has 0 aliphatic rings. The molecule has 0 aliphatic carbocycles. The fourth-order valence-electron chi connectivity index (χ4n) is 2.91. The third kappa shape index (κ3) is 6.01. The summed E-state index contributed by atoms with van der Waals surface area (Å²) in [4.78, 5) is 40.2. The molecule has 156 valence electrons. The Kier molecular flexibility index (Phi) is 7.37. The number of rotatable bonds is 7. The van der Waals surface area contributed by atoms with E-state index in [4.69, 9.17) is 11.6 Å². The Labute approximate surface area is 182 Å². The molecule has 1 heterocycles. The number of benzene rings is 2. The number of aromatic amines is 1. The van der Waals surface area contributed by atoms with Crippen LogP contribution in [0.15, 0.2) is 59.6 Å². The summed E-state index contributed by atoms with van der Waals surface area (Å²) in [6.07, 6.45) is 2.10. The number of thioether (sulfide) groups is 1. The minimum absolute atomic E-state index is 0.120. The zero-order chi connectivity index (χ0) is 21.5. The fourth-order valence-corrected chi connectivity index (χ4v) is 3.73. The molecule has 9 heteroatoms. The number of nitrogens with one attached hydrogen (secondary N) is 4. The number of H-pyrrole nitrogens is 1. The number of carbonyl (C=O) groups excluding carboxylic acids is 3. The average Bonchev–Trinajstić information content (AvgIpc) is 3.13. The van der Waals surface area contributed by atoms with E-state index in [9.17, 15) is 14.4 Å². The summed E-state index contributed by atoms with van der Waals surface area (Å²) in [5, 5.41) is 4.23. The van der Waals surface area contributed by atoms with Crippen molar-refractivity contribution in [3.63, 3.8) is 0 Å². The highest BCUT2D eigenvalue weighted by atomic mass is 35.5. The van der Waals surface area contributed by atoms with E-state index in [1.54, 1.807) is 12.1 Å². The van der Waals surface area contributed by atoms with E-state index < -0.39 is 11.9 Å². The molecule has 3 aromatic rings. The van der Waals surface area contributed by atoms with Crippen molar-refractivity contribution in [1.82, 2.24) is 21.2 Å². The van der Waals surface area contributed by atoms with Crippen molar-refractivity contribution in [2.45, 2.75) is 24.3 Å². The summed E-state index contributed by atoms with van der Waals surface area (Å²) in [6.45, 7) is 1.34. The Morgan fingerprint density at radius 3 is 2.53 bits per heavy atom. The van der Waals surface area contributed by atoms with Crippen LogP contribution in [0.5, 0.6) is 0 Å². The van der Waals surface area contributed by atoms with Crippen LogP contribution in [0.25, 0.3) is 10.9 Å². The van der Waals surface area contributed by atoms with Crippen molar-refractivity contribution in [3.8, 4) is 0 Å². The number of para-hydroxylation sites is 1. The van der Waals surface area contributed by atoms with E-state index in [1.807, 2.05) is 42.6 Å². The predicted octanol–water partition coefficient (Wildman–Crippen LogP) is 2.81. The van der Waals surface area contributed by atoms with E-state index in [-0.39, 0.29) is 24.0 Å². The molecule has 3 amide bonds. The van der Waals surface area contributed by atoms with E-state index >= 15 is 0 Å². The lowest BCUT2D eigenvalue weighted by Gasteiger charge is -2.17. The van der Waals surface area contributed by atoms with Gasteiger partial charge in [-0.25, -0.2) is 0 Å². The lowest BCUT2D eigenvalue weighted by molar-refractivity contribution is -0.131. The summed E-state index contributed by atoms with van der Waals surface area (Å²) >= 11 is 7.16. The molecule has 1 aromatic heterocycles. The number of aromatic nitrogens is 1. The first kappa shape index (κ1) is 21.7. The van der Waals surface area contributed by atoms with E-state index in [0.717, 1.165) is 21.4 Å². The molecule has 0 saturated carbocycles. The van der Waals surface area contributed by atoms with Gasteiger partial charge in [0.2, 0.25) is 11.8 Å². The van der Waals surface area contributed by atoms with Crippen LogP contribution in [-0.4, -0.2) is 34.5 Å². The number of fused-ring (bicyclic) bond motifs is 1. The average molecular weight is 445 g/mol. The number of hydrazine groups is 1.